The molecular weight excluding hydrogens is 314 g/mol. The van der Waals surface area contributed by atoms with Gasteiger partial charge >= 0.3 is 0 Å². The first-order valence-electron chi connectivity index (χ1n) is 9.59. The zero-order valence-corrected chi connectivity index (χ0v) is 15.5. The van der Waals surface area contributed by atoms with E-state index in [-0.39, 0.29) is 5.91 Å². The van der Waals surface area contributed by atoms with Crippen molar-refractivity contribution in [2.75, 3.05) is 59.5 Å². The summed E-state index contributed by atoms with van der Waals surface area (Å²) >= 11 is 0. The zero-order valence-electron chi connectivity index (χ0n) is 15.5. The van der Waals surface area contributed by atoms with E-state index in [0.29, 0.717) is 0 Å². The van der Waals surface area contributed by atoms with Gasteiger partial charge in [0.1, 0.15) is 0 Å². The molecule has 3 rings (SSSR count). The maximum atomic E-state index is 12.6. The van der Waals surface area contributed by atoms with Gasteiger partial charge in [-0.2, -0.15) is 0 Å². The van der Waals surface area contributed by atoms with Gasteiger partial charge in [0.25, 0.3) is 5.91 Å². The fourth-order valence-electron chi connectivity index (χ4n) is 3.57. The van der Waals surface area contributed by atoms with Crippen LogP contribution in [0.25, 0.3) is 0 Å². The number of hydrogen-bond acceptors (Lipinski definition) is 4. The molecule has 2 fully saturated rings. The van der Waals surface area contributed by atoms with Crippen molar-refractivity contribution < 1.29 is 9.53 Å². The summed E-state index contributed by atoms with van der Waals surface area (Å²) in [5.41, 5.74) is 2.04. The molecule has 0 N–H and O–H groups in total. The molecular formula is C20H31N3O2. The molecule has 0 saturated carbocycles. The molecule has 138 valence electrons. The van der Waals surface area contributed by atoms with Crippen molar-refractivity contribution in [1.82, 2.24) is 14.7 Å². The predicted molar refractivity (Wildman–Crippen MR) is 99.8 cm³/mol. The number of likely N-dealkylation sites (N-methyl/N-ethyl adjacent to an activating group) is 1. The molecule has 2 aliphatic heterocycles. The fourth-order valence-corrected chi connectivity index (χ4v) is 3.57. The van der Waals surface area contributed by atoms with E-state index in [0.717, 1.165) is 51.5 Å². The molecule has 0 bridgehead atoms. The summed E-state index contributed by atoms with van der Waals surface area (Å²) in [5.74, 6) is 0.120. The number of nitrogens with zero attached hydrogens (tertiary/aromatic N) is 3. The van der Waals surface area contributed by atoms with E-state index in [4.69, 9.17) is 4.74 Å². The van der Waals surface area contributed by atoms with Gasteiger partial charge in [-0.15, -0.1) is 0 Å². The van der Waals surface area contributed by atoms with Crippen LogP contribution in [-0.2, 0) is 11.3 Å². The Labute approximate surface area is 151 Å². The number of carbonyl (C=O) groups is 1. The van der Waals surface area contributed by atoms with Gasteiger partial charge in [-0.25, -0.2) is 0 Å². The third-order valence-electron chi connectivity index (χ3n) is 5.26. The Balaban J connectivity index is 1.47. The molecule has 2 saturated heterocycles. The van der Waals surface area contributed by atoms with E-state index in [1.165, 1.54) is 37.9 Å². The summed E-state index contributed by atoms with van der Waals surface area (Å²) in [5, 5.41) is 0. The van der Waals surface area contributed by atoms with E-state index in [2.05, 4.69) is 21.9 Å². The number of hydrogen-bond donors (Lipinski definition) is 0. The SMILES string of the molecule is CN(CCN1CCCCC1)C(=O)c1ccc(CN2CCOCC2)cc1. The molecule has 1 aromatic carbocycles. The molecule has 5 heteroatoms. The molecule has 5 nitrogen and oxygen atoms in total. The Morgan fingerprint density at radius 1 is 1.00 bits per heavy atom. The fraction of sp³-hybridized carbons (Fsp3) is 0.650. The monoisotopic (exact) mass is 345 g/mol. The first-order valence-corrected chi connectivity index (χ1v) is 9.59. The maximum Gasteiger partial charge on any atom is 0.253 e. The highest BCUT2D eigenvalue weighted by Crippen LogP contribution is 2.12. The summed E-state index contributed by atoms with van der Waals surface area (Å²) in [6, 6.07) is 8.10. The standard InChI is InChI=1S/C20H31N3O2/c1-21(11-12-22-9-3-2-4-10-22)20(24)19-7-5-18(6-8-19)17-23-13-15-25-16-14-23/h5-8H,2-4,9-17H2,1H3. The van der Waals surface area contributed by atoms with Gasteiger partial charge in [0.15, 0.2) is 0 Å². The second-order valence-electron chi connectivity index (χ2n) is 7.21. The van der Waals surface area contributed by atoms with Crippen LogP contribution in [0.5, 0.6) is 0 Å². The summed E-state index contributed by atoms with van der Waals surface area (Å²) in [6.45, 7) is 8.68. The van der Waals surface area contributed by atoms with Crippen LogP contribution in [0.15, 0.2) is 24.3 Å². The molecule has 2 aliphatic rings. The lowest BCUT2D eigenvalue weighted by Gasteiger charge is -2.28. The van der Waals surface area contributed by atoms with E-state index >= 15 is 0 Å². The molecule has 0 spiro atoms. The third kappa shape index (κ3) is 5.53. The van der Waals surface area contributed by atoms with Gasteiger partial charge in [0.2, 0.25) is 0 Å². The normalized spacial score (nSPS) is 19.7. The summed E-state index contributed by atoms with van der Waals surface area (Å²) in [6.07, 6.45) is 3.94. The number of likely N-dealkylation sites (tertiary alicyclic amines) is 1. The number of rotatable bonds is 6. The van der Waals surface area contributed by atoms with Crippen molar-refractivity contribution in [3.05, 3.63) is 35.4 Å². The largest absolute Gasteiger partial charge is 0.379 e. The highest BCUT2D eigenvalue weighted by Gasteiger charge is 2.15. The van der Waals surface area contributed by atoms with Crippen LogP contribution in [-0.4, -0.2) is 80.1 Å². The van der Waals surface area contributed by atoms with Crippen LogP contribution in [0.1, 0.15) is 35.2 Å². The first kappa shape index (κ1) is 18.4. The predicted octanol–water partition coefficient (Wildman–Crippen LogP) is 2.08. The van der Waals surface area contributed by atoms with E-state index in [9.17, 15) is 4.79 Å². The Bertz CT molecular complexity index is 534. The smallest absolute Gasteiger partial charge is 0.253 e. The van der Waals surface area contributed by atoms with Gasteiger partial charge in [-0.05, 0) is 43.6 Å². The summed E-state index contributed by atoms with van der Waals surface area (Å²) in [4.78, 5) is 19.3. The lowest BCUT2D eigenvalue weighted by atomic mass is 10.1. The minimum absolute atomic E-state index is 0.120. The second-order valence-corrected chi connectivity index (χ2v) is 7.21. The number of amides is 1. The molecule has 1 amide bonds. The Morgan fingerprint density at radius 3 is 2.36 bits per heavy atom. The van der Waals surface area contributed by atoms with Gasteiger partial charge in [0, 0.05) is 45.3 Å². The zero-order chi connectivity index (χ0) is 17.5. The highest BCUT2D eigenvalue weighted by molar-refractivity contribution is 5.94. The number of morpholine rings is 1. The number of benzene rings is 1. The van der Waals surface area contributed by atoms with Crippen molar-refractivity contribution in [1.29, 1.82) is 0 Å². The Kier molecular flexibility index (Phi) is 6.84. The Hall–Kier alpha value is -1.43. The average Bonchev–Trinajstić information content (AvgIpc) is 2.68. The van der Waals surface area contributed by atoms with Crippen LogP contribution in [0.3, 0.4) is 0 Å². The van der Waals surface area contributed by atoms with Crippen molar-refractivity contribution in [2.24, 2.45) is 0 Å². The molecule has 0 radical (unpaired) electrons. The second kappa shape index (κ2) is 9.32. The lowest BCUT2D eigenvalue weighted by Crippen LogP contribution is -2.38. The van der Waals surface area contributed by atoms with Crippen LogP contribution in [0.2, 0.25) is 0 Å². The quantitative estimate of drug-likeness (QED) is 0.791. The lowest BCUT2D eigenvalue weighted by molar-refractivity contribution is 0.0342. The van der Waals surface area contributed by atoms with Crippen LogP contribution < -0.4 is 0 Å². The highest BCUT2D eigenvalue weighted by atomic mass is 16.5. The van der Waals surface area contributed by atoms with E-state index < -0.39 is 0 Å². The summed E-state index contributed by atoms with van der Waals surface area (Å²) in [7, 11) is 1.91. The van der Waals surface area contributed by atoms with Crippen molar-refractivity contribution in [3.8, 4) is 0 Å². The van der Waals surface area contributed by atoms with E-state index in [1.54, 1.807) is 0 Å². The molecule has 2 heterocycles. The van der Waals surface area contributed by atoms with Crippen molar-refractivity contribution in [2.45, 2.75) is 25.8 Å². The van der Waals surface area contributed by atoms with Crippen molar-refractivity contribution >= 4 is 5.91 Å². The van der Waals surface area contributed by atoms with Crippen LogP contribution >= 0.6 is 0 Å². The topological polar surface area (TPSA) is 36.0 Å². The molecule has 0 unspecified atom stereocenters. The first-order chi connectivity index (χ1) is 12.2. The molecule has 25 heavy (non-hydrogen) atoms. The van der Waals surface area contributed by atoms with Crippen LogP contribution in [0, 0.1) is 0 Å². The van der Waals surface area contributed by atoms with Crippen LogP contribution in [0.4, 0.5) is 0 Å². The van der Waals surface area contributed by atoms with Gasteiger partial charge in [0.05, 0.1) is 13.2 Å². The van der Waals surface area contributed by atoms with Gasteiger partial charge < -0.3 is 14.5 Å². The van der Waals surface area contributed by atoms with Gasteiger partial charge in [-0.3, -0.25) is 9.69 Å². The third-order valence-corrected chi connectivity index (χ3v) is 5.26. The molecule has 0 aromatic heterocycles. The number of piperidine rings is 1. The average molecular weight is 345 g/mol. The maximum absolute atomic E-state index is 12.6. The number of ether oxygens (including phenoxy) is 1. The summed E-state index contributed by atoms with van der Waals surface area (Å²) < 4.78 is 5.39. The Morgan fingerprint density at radius 2 is 1.68 bits per heavy atom. The minimum atomic E-state index is 0.120. The molecule has 1 aromatic rings. The minimum Gasteiger partial charge on any atom is -0.379 e. The van der Waals surface area contributed by atoms with Crippen molar-refractivity contribution in [3.63, 3.8) is 0 Å². The van der Waals surface area contributed by atoms with Gasteiger partial charge in [-0.1, -0.05) is 18.6 Å². The van der Waals surface area contributed by atoms with E-state index in [1.807, 2.05) is 24.1 Å². The molecule has 0 atom stereocenters. The number of carbonyl (C=O) groups excluding carboxylic acids is 1. The molecule has 0 aliphatic carbocycles.